The Hall–Kier alpha value is -2.31. The van der Waals surface area contributed by atoms with Crippen molar-refractivity contribution in [1.82, 2.24) is 5.32 Å². The van der Waals surface area contributed by atoms with E-state index >= 15 is 0 Å². The van der Waals surface area contributed by atoms with Crippen LogP contribution in [0.15, 0.2) is 18.2 Å². The minimum Gasteiger partial charge on any atom is -0.490 e. The molecular weight excluding hydrogens is 214 g/mol. The fourth-order valence-electron chi connectivity index (χ4n) is 1.10. The topological polar surface area (TPSA) is 93.5 Å². The SMILES string of the molecule is CNC(=O)Nc1ccc(OC)c([N+](=O)[O-])c1. The quantitative estimate of drug-likeness (QED) is 0.599. The maximum atomic E-state index is 11.0. The second-order valence-electron chi connectivity index (χ2n) is 2.85. The highest BCUT2D eigenvalue weighted by Crippen LogP contribution is 2.29. The minimum absolute atomic E-state index is 0.146. The second kappa shape index (κ2) is 4.96. The summed E-state index contributed by atoms with van der Waals surface area (Å²) in [4.78, 5) is 21.1. The number of methoxy groups -OCH3 is 1. The Morgan fingerprint density at radius 2 is 2.19 bits per heavy atom. The van der Waals surface area contributed by atoms with Crippen LogP contribution in [0.3, 0.4) is 0 Å². The van der Waals surface area contributed by atoms with E-state index < -0.39 is 11.0 Å². The molecule has 0 unspecified atom stereocenters. The van der Waals surface area contributed by atoms with Gasteiger partial charge in [-0.1, -0.05) is 0 Å². The van der Waals surface area contributed by atoms with E-state index in [1.807, 2.05) is 0 Å². The van der Waals surface area contributed by atoms with E-state index in [1.54, 1.807) is 0 Å². The fourth-order valence-corrected chi connectivity index (χ4v) is 1.10. The monoisotopic (exact) mass is 225 g/mol. The predicted octanol–water partition coefficient (Wildman–Crippen LogP) is 1.35. The number of carbonyl (C=O) groups excluding carboxylic acids is 1. The van der Waals surface area contributed by atoms with Gasteiger partial charge in [-0.2, -0.15) is 0 Å². The molecule has 7 heteroatoms. The van der Waals surface area contributed by atoms with Crippen molar-refractivity contribution >= 4 is 17.4 Å². The predicted molar refractivity (Wildman–Crippen MR) is 57.7 cm³/mol. The van der Waals surface area contributed by atoms with Gasteiger partial charge in [0.05, 0.1) is 12.0 Å². The Bertz CT molecular complexity index is 419. The molecule has 0 aliphatic rings. The molecular formula is C9H11N3O4. The first-order valence-corrected chi connectivity index (χ1v) is 4.39. The summed E-state index contributed by atoms with van der Waals surface area (Å²) in [5, 5.41) is 15.5. The van der Waals surface area contributed by atoms with Gasteiger partial charge in [-0.15, -0.1) is 0 Å². The van der Waals surface area contributed by atoms with Crippen LogP contribution in [0.1, 0.15) is 0 Å². The lowest BCUT2D eigenvalue weighted by atomic mass is 10.2. The smallest absolute Gasteiger partial charge is 0.318 e. The highest BCUT2D eigenvalue weighted by Gasteiger charge is 2.15. The molecule has 0 heterocycles. The largest absolute Gasteiger partial charge is 0.490 e. The Morgan fingerprint density at radius 3 is 2.69 bits per heavy atom. The molecule has 0 spiro atoms. The molecule has 1 rings (SSSR count). The Labute approximate surface area is 91.6 Å². The van der Waals surface area contributed by atoms with E-state index in [0.717, 1.165) is 0 Å². The van der Waals surface area contributed by atoms with E-state index in [1.165, 1.54) is 32.4 Å². The Morgan fingerprint density at radius 1 is 1.50 bits per heavy atom. The summed E-state index contributed by atoms with van der Waals surface area (Å²) in [7, 11) is 2.79. The molecule has 0 aliphatic carbocycles. The van der Waals surface area contributed by atoms with Gasteiger partial charge in [0.1, 0.15) is 0 Å². The van der Waals surface area contributed by atoms with Crippen LogP contribution >= 0.6 is 0 Å². The van der Waals surface area contributed by atoms with Crippen LogP contribution in [0.4, 0.5) is 16.2 Å². The van der Waals surface area contributed by atoms with Crippen LogP contribution < -0.4 is 15.4 Å². The van der Waals surface area contributed by atoms with Crippen molar-refractivity contribution < 1.29 is 14.5 Å². The number of ether oxygens (including phenoxy) is 1. The molecule has 0 bridgehead atoms. The Balaban J connectivity index is 3.02. The zero-order valence-corrected chi connectivity index (χ0v) is 8.81. The van der Waals surface area contributed by atoms with Crippen molar-refractivity contribution in [2.45, 2.75) is 0 Å². The molecule has 16 heavy (non-hydrogen) atoms. The summed E-state index contributed by atoms with van der Waals surface area (Å²) in [6.07, 6.45) is 0. The molecule has 1 aromatic rings. The number of carbonyl (C=O) groups is 1. The molecule has 86 valence electrons. The third-order valence-electron chi connectivity index (χ3n) is 1.86. The fraction of sp³-hybridized carbons (Fsp3) is 0.222. The molecule has 7 nitrogen and oxygen atoms in total. The lowest BCUT2D eigenvalue weighted by molar-refractivity contribution is -0.385. The minimum atomic E-state index is -0.576. The average molecular weight is 225 g/mol. The number of urea groups is 1. The van der Waals surface area contributed by atoms with Gasteiger partial charge in [-0.05, 0) is 12.1 Å². The number of nitro benzene ring substituents is 1. The molecule has 2 amide bonds. The number of hydrogen-bond donors (Lipinski definition) is 2. The summed E-state index contributed by atoms with van der Waals surface area (Å²) in [5.74, 6) is 0.146. The molecule has 0 saturated carbocycles. The van der Waals surface area contributed by atoms with E-state index in [-0.39, 0.29) is 11.4 Å². The van der Waals surface area contributed by atoms with E-state index in [4.69, 9.17) is 4.74 Å². The number of anilines is 1. The van der Waals surface area contributed by atoms with Crippen LogP contribution in [-0.2, 0) is 0 Å². The summed E-state index contributed by atoms with van der Waals surface area (Å²) >= 11 is 0. The van der Waals surface area contributed by atoms with Gasteiger partial charge in [0, 0.05) is 18.8 Å². The number of nitro groups is 1. The van der Waals surface area contributed by atoms with Gasteiger partial charge >= 0.3 is 11.7 Å². The number of nitrogens with one attached hydrogen (secondary N) is 2. The molecule has 0 aliphatic heterocycles. The Kier molecular flexibility index (Phi) is 3.65. The molecule has 0 saturated heterocycles. The highest BCUT2D eigenvalue weighted by molar-refractivity contribution is 5.89. The van der Waals surface area contributed by atoms with Gasteiger partial charge in [0.15, 0.2) is 5.75 Å². The molecule has 0 fully saturated rings. The van der Waals surface area contributed by atoms with Crippen LogP contribution in [0.5, 0.6) is 5.75 Å². The van der Waals surface area contributed by atoms with Crippen molar-refractivity contribution in [3.8, 4) is 5.75 Å². The van der Waals surface area contributed by atoms with Crippen molar-refractivity contribution in [2.75, 3.05) is 19.5 Å². The normalized spacial score (nSPS) is 9.38. The summed E-state index contributed by atoms with van der Waals surface area (Å²) < 4.78 is 4.82. The first kappa shape index (κ1) is 11.8. The average Bonchev–Trinajstić information content (AvgIpc) is 2.28. The summed E-state index contributed by atoms with van der Waals surface area (Å²) in [6.45, 7) is 0. The van der Waals surface area contributed by atoms with Crippen LogP contribution in [0.2, 0.25) is 0 Å². The van der Waals surface area contributed by atoms with Crippen molar-refractivity contribution in [1.29, 1.82) is 0 Å². The van der Waals surface area contributed by atoms with Gasteiger partial charge in [0.25, 0.3) is 0 Å². The number of nitrogens with zero attached hydrogens (tertiary/aromatic N) is 1. The lowest BCUT2D eigenvalue weighted by Gasteiger charge is -2.06. The van der Waals surface area contributed by atoms with E-state index in [9.17, 15) is 14.9 Å². The molecule has 1 aromatic carbocycles. The molecule has 2 N–H and O–H groups in total. The van der Waals surface area contributed by atoms with Crippen LogP contribution in [-0.4, -0.2) is 25.1 Å². The van der Waals surface area contributed by atoms with Gasteiger partial charge in [-0.25, -0.2) is 4.79 Å². The van der Waals surface area contributed by atoms with E-state index in [0.29, 0.717) is 5.69 Å². The third kappa shape index (κ3) is 2.59. The number of amides is 2. The first-order chi connectivity index (χ1) is 7.58. The zero-order chi connectivity index (χ0) is 12.1. The van der Waals surface area contributed by atoms with Gasteiger partial charge < -0.3 is 15.4 Å². The number of benzene rings is 1. The number of hydrogen-bond acceptors (Lipinski definition) is 4. The summed E-state index contributed by atoms with van der Waals surface area (Å²) in [5.41, 5.74) is 0.128. The summed E-state index contributed by atoms with van der Waals surface area (Å²) in [6, 6.07) is 3.72. The van der Waals surface area contributed by atoms with Crippen LogP contribution in [0, 0.1) is 10.1 Å². The van der Waals surface area contributed by atoms with Crippen molar-refractivity contribution in [2.24, 2.45) is 0 Å². The zero-order valence-electron chi connectivity index (χ0n) is 8.81. The lowest BCUT2D eigenvalue weighted by Crippen LogP contribution is -2.24. The van der Waals surface area contributed by atoms with Crippen LogP contribution in [0.25, 0.3) is 0 Å². The van der Waals surface area contributed by atoms with Gasteiger partial charge in [0.2, 0.25) is 0 Å². The maximum Gasteiger partial charge on any atom is 0.318 e. The number of rotatable bonds is 3. The van der Waals surface area contributed by atoms with Crippen molar-refractivity contribution in [3.63, 3.8) is 0 Å². The van der Waals surface area contributed by atoms with Crippen molar-refractivity contribution in [3.05, 3.63) is 28.3 Å². The molecule has 0 atom stereocenters. The third-order valence-corrected chi connectivity index (χ3v) is 1.86. The maximum absolute atomic E-state index is 11.0. The standard InChI is InChI=1S/C9H11N3O4/c1-10-9(13)11-6-3-4-8(16-2)7(5-6)12(14)15/h3-5H,1-2H3,(H2,10,11,13). The molecule has 0 radical (unpaired) electrons. The van der Waals surface area contributed by atoms with Gasteiger partial charge in [-0.3, -0.25) is 10.1 Å². The second-order valence-corrected chi connectivity index (χ2v) is 2.85. The first-order valence-electron chi connectivity index (χ1n) is 4.39. The van der Waals surface area contributed by atoms with E-state index in [2.05, 4.69) is 10.6 Å². The molecule has 0 aromatic heterocycles. The highest BCUT2D eigenvalue weighted by atomic mass is 16.6.